The molecule has 6 nitrogen and oxygen atoms in total. The van der Waals surface area contributed by atoms with E-state index >= 15 is 0 Å². The van der Waals surface area contributed by atoms with Gasteiger partial charge in [0.25, 0.3) is 0 Å². The van der Waals surface area contributed by atoms with Crippen LogP contribution in [0.5, 0.6) is 17.2 Å². The molecular weight excluding hydrogens is 312 g/mol. The number of carbonyl (C=O) groups excluding carboxylic acids is 1. The van der Waals surface area contributed by atoms with E-state index in [0.29, 0.717) is 17.1 Å². The number of carbonyl (C=O) groups is 2. The molecular formula is C18H14O6. The van der Waals surface area contributed by atoms with Gasteiger partial charge in [-0.2, -0.15) is 0 Å². The number of hydrogen-bond acceptors (Lipinski definition) is 5. The number of rotatable bonds is 5. The summed E-state index contributed by atoms with van der Waals surface area (Å²) in [5.41, 5.74) is 1.21. The van der Waals surface area contributed by atoms with Gasteiger partial charge in [-0.3, -0.25) is 4.79 Å². The van der Waals surface area contributed by atoms with Gasteiger partial charge in [-0.25, -0.2) is 4.79 Å². The predicted octanol–water partition coefficient (Wildman–Crippen LogP) is 2.77. The van der Waals surface area contributed by atoms with E-state index in [-0.39, 0.29) is 11.5 Å². The maximum atomic E-state index is 12.3. The zero-order chi connectivity index (χ0) is 17.1. The molecule has 0 radical (unpaired) electrons. The number of ether oxygens (including phenoxy) is 3. The second-order valence-electron chi connectivity index (χ2n) is 5.05. The zero-order valence-electron chi connectivity index (χ0n) is 12.8. The van der Waals surface area contributed by atoms with Gasteiger partial charge in [-0.05, 0) is 35.9 Å². The summed E-state index contributed by atoms with van der Waals surface area (Å²) in [5.74, 6) is 0.292. The summed E-state index contributed by atoms with van der Waals surface area (Å²) in [6.45, 7) is -0.457. The van der Waals surface area contributed by atoms with Gasteiger partial charge in [0.15, 0.2) is 12.4 Å². The van der Waals surface area contributed by atoms with Crippen LogP contribution in [0.1, 0.15) is 15.9 Å². The zero-order valence-corrected chi connectivity index (χ0v) is 12.8. The molecule has 1 aliphatic heterocycles. The Hall–Kier alpha value is -3.28. The van der Waals surface area contributed by atoms with Crippen molar-refractivity contribution in [2.45, 2.75) is 0 Å². The van der Waals surface area contributed by atoms with Gasteiger partial charge in [0.1, 0.15) is 17.2 Å². The van der Waals surface area contributed by atoms with Gasteiger partial charge in [0.05, 0.1) is 12.7 Å². The number of benzene rings is 2. The third kappa shape index (κ3) is 3.22. The first-order chi connectivity index (χ1) is 11.6. The molecule has 24 heavy (non-hydrogen) atoms. The first-order valence-corrected chi connectivity index (χ1v) is 7.14. The number of carboxylic acids is 1. The van der Waals surface area contributed by atoms with Crippen molar-refractivity contribution in [2.24, 2.45) is 0 Å². The van der Waals surface area contributed by atoms with E-state index in [2.05, 4.69) is 0 Å². The lowest BCUT2D eigenvalue weighted by atomic mass is 10.1. The van der Waals surface area contributed by atoms with Crippen molar-refractivity contribution in [3.8, 4) is 17.2 Å². The van der Waals surface area contributed by atoms with E-state index in [1.165, 1.54) is 6.07 Å². The van der Waals surface area contributed by atoms with E-state index in [1.54, 1.807) is 37.5 Å². The number of hydrogen-bond donors (Lipinski definition) is 1. The van der Waals surface area contributed by atoms with Crippen LogP contribution < -0.4 is 14.2 Å². The number of Topliss-reactive ketones (excluding diaryl/α,β-unsaturated/α-hetero) is 1. The molecule has 0 spiro atoms. The quantitative estimate of drug-likeness (QED) is 0.851. The number of methoxy groups -OCH3 is 1. The normalized spacial score (nSPS) is 14.2. The van der Waals surface area contributed by atoms with Gasteiger partial charge >= 0.3 is 5.97 Å². The highest BCUT2D eigenvalue weighted by Gasteiger charge is 2.27. The van der Waals surface area contributed by atoms with Crippen LogP contribution in [0.2, 0.25) is 0 Å². The van der Waals surface area contributed by atoms with Crippen molar-refractivity contribution >= 4 is 17.8 Å². The van der Waals surface area contributed by atoms with Gasteiger partial charge < -0.3 is 19.3 Å². The number of ketones is 1. The SMILES string of the molecule is COc1ccc(C=C2Oc3cc(OCC(=O)O)ccc3C2=O)cc1. The van der Waals surface area contributed by atoms with Crippen molar-refractivity contribution in [2.75, 3.05) is 13.7 Å². The van der Waals surface area contributed by atoms with Crippen LogP contribution in [-0.4, -0.2) is 30.6 Å². The lowest BCUT2D eigenvalue weighted by molar-refractivity contribution is -0.139. The van der Waals surface area contributed by atoms with Crippen molar-refractivity contribution in [1.82, 2.24) is 0 Å². The summed E-state index contributed by atoms with van der Waals surface area (Å²) in [4.78, 5) is 22.9. The molecule has 0 aromatic heterocycles. The average Bonchev–Trinajstić information content (AvgIpc) is 2.89. The molecule has 6 heteroatoms. The molecule has 0 unspecified atom stereocenters. The molecule has 122 valence electrons. The molecule has 0 aliphatic carbocycles. The Morgan fingerprint density at radius 3 is 2.54 bits per heavy atom. The molecule has 0 bridgehead atoms. The minimum absolute atomic E-state index is 0.200. The van der Waals surface area contributed by atoms with Crippen molar-refractivity contribution < 1.29 is 28.9 Å². The van der Waals surface area contributed by atoms with Crippen LogP contribution in [0.25, 0.3) is 6.08 Å². The Labute approximate surface area is 137 Å². The van der Waals surface area contributed by atoms with E-state index in [1.807, 2.05) is 12.1 Å². The van der Waals surface area contributed by atoms with Crippen LogP contribution >= 0.6 is 0 Å². The molecule has 2 aromatic carbocycles. The summed E-state index contributed by atoms with van der Waals surface area (Å²) in [6, 6.07) is 11.8. The van der Waals surface area contributed by atoms with Gasteiger partial charge in [-0.1, -0.05) is 12.1 Å². The van der Waals surface area contributed by atoms with Crippen LogP contribution in [0.15, 0.2) is 48.2 Å². The number of carboxylic acid groups (broad SMARTS) is 1. The Kier molecular flexibility index (Phi) is 4.20. The number of fused-ring (bicyclic) bond motifs is 1. The third-order valence-corrected chi connectivity index (χ3v) is 3.42. The summed E-state index contributed by atoms with van der Waals surface area (Å²) in [5, 5.41) is 8.63. The lowest BCUT2D eigenvalue weighted by Crippen LogP contribution is -2.09. The Bertz CT molecular complexity index is 820. The Morgan fingerprint density at radius 1 is 1.17 bits per heavy atom. The molecule has 3 rings (SSSR count). The second-order valence-corrected chi connectivity index (χ2v) is 5.05. The summed E-state index contributed by atoms with van der Waals surface area (Å²) in [7, 11) is 1.58. The van der Waals surface area contributed by atoms with Crippen LogP contribution in [0.3, 0.4) is 0 Å². The van der Waals surface area contributed by atoms with E-state index in [0.717, 1.165) is 11.3 Å². The first-order valence-electron chi connectivity index (χ1n) is 7.14. The highest BCUT2D eigenvalue weighted by molar-refractivity contribution is 6.14. The fraction of sp³-hybridized carbons (Fsp3) is 0.111. The highest BCUT2D eigenvalue weighted by atomic mass is 16.5. The lowest BCUT2D eigenvalue weighted by Gasteiger charge is -2.04. The van der Waals surface area contributed by atoms with Crippen LogP contribution in [-0.2, 0) is 4.79 Å². The first kappa shape index (κ1) is 15.6. The van der Waals surface area contributed by atoms with Crippen molar-refractivity contribution in [3.05, 3.63) is 59.4 Å². The molecule has 0 fully saturated rings. The Morgan fingerprint density at radius 2 is 1.88 bits per heavy atom. The minimum atomic E-state index is -1.08. The average molecular weight is 326 g/mol. The molecule has 1 heterocycles. The Balaban J connectivity index is 1.81. The minimum Gasteiger partial charge on any atom is -0.497 e. The smallest absolute Gasteiger partial charge is 0.341 e. The van der Waals surface area contributed by atoms with Crippen LogP contribution in [0, 0.1) is 0 Å². The number of allylic oxidation sites excluding steroid dienone is 1. The van der Waals surface area contributed by atoms with Gasteiger partial charge in [0, 0.05) is 6.07 Å². The molecule has 0 amide bonds. The van der Waals surface area contributed by atoms with Gasteiger partial charge in [0.2, 0.25) is 5.78 Å². The van der Waals surface area contributed by atoms with E-state index in [9.17, 15) is 9.59 Å². The highest BCUT2D eigenvalue weighted by Crippen LogP contribution is 2.35. The third-order valence-electron chi connectivity index (χ3n) is 3.42. The molecule has 0 atom stereocenters. The maximum Gasteiger partial charge on any atom is 0.341 e. The molecule has 2 aromatic rings. The summed E-state index contributed by atoms with van der Waals surface area (Å²) >= 11 is 0. The largest absolute Gasteiger partial charge is 0.497 e. The molecule has 1 N–H and O–H groups in total. The summed E-state index contributed by atoms with van der Waals surface area (Å²) in [6.07, 6.45) is 1.64. The molecule has 0 saturated carbocycles. The fourth-order valence-electron chi connectivity index (χ4n) is 2.25. The number of aliphatic carboxylic acids is 1. The standard InChI is InChI=1S/C18H14O6/c1-22-12-4-2-11(3-5-12)8-16-18(21)14-7-6-13(9-15(14)24-16)23-10-17(19)20/h2-9H,10H2,1H3,(H,19,20). The van der Waals surface area contributed by atoms with Crippen molar-refractivity contribution in [3.63, 3.8) is 0 Å². The van der Waals surface area contributed by atoms with E-state index < -0.39 is 12.6 Å². The topological polar surface area (TPSA) is 82.1 Å². The van der Waals surface area contributed by atoms with Crippen LogP contribution in [0.4, 0.5) is 0 Å². The monoisotopic (exact) mass is 326 g/mol. The van der Waals surface area contributed by atoms with E-state index in [4.69, 9.17) is 19.3 Å². The predicted molar refractivity (Wildman–Crippen MR) is 85.5 cm³/mol. The van der Waals surface area contributed by atoms with Crippen molar-refractivity contribution in [1.29, 1.82) is 0 Å². The second kappa shape index (κ2) is 6.45. The fourth-order valence-corrected chi connectivity index (χ4v) is 2.25. The molecule has 0 saturated heterocycles. The van der Waals surface area contributed by atoms with Gasteiger partial charge in [-0.15, -0.1) is 0 Å². The maximum absolute atomic E-state index is 12.3. The summed E-state index contributed by atoms with van der Waals surface area (Å²) < 4.78 is 15.8. The molecule has 1 aliphatic rings.